The van der Waals surface area contributed by atoms with Crippen molar-refractivity contribution in [2.75, 3.05) is 31.5 Å². The van der Waals surface area contributed by atoms with Crippen molar-refractivity contribution >= 4 is 35.3 Å². The van der Waals surface area contributed by atoms with Gasteiger partial charge in [-0.2, -0.15) is 9.61 Å². The molecule has 4 heterocycles. The molecule has 1 N–H and O–H groups in total. The van der Waals surface area contributed by atoms with E-state index in [2.05, 4.69) is 22.3 Å². The highest BCUT2D eigenvalue weighted by Gasteiger charge is 2.32. The second-order valence-electron chi connectivity index (χ2n) is 9.41. The predicted molar refractivity (Wildman–Crippen MR) is 139 cm³/mol. The van der Waals surface area contributed by atoms with Gasteiger partial charge in [0.25, 0.3) is 0 Å². The summed E-state index contributed by atoms with van der Waals surface area (Å²) in [6, 6.07) is 11.5. The molecule has 37 heavy (non-hydrogen) atoms. The number of nitrogens with one attached hydrogen (secondary N) is 1. The first kappa shape index (κ1) is 25.1. The fourth-order valence-corrected chi connectivity index (χ4v) is 4.95. The van der Waals surface area contributed by atoms with Crippen LogP contribution >= 0.6 is 11.6 Å². The first-order valence-electron chi connectivity index (χ1n) is 12.7. The maximum Gasteiger partial charge on any atom is 0.410 e. The van der Waals surface area contributed by atoms with E-state index in [1.165, 1.54) is 0 Å². The molecule has 2 aliphatic heterocycles. The molecule has 1 unspecified atom stereocenters. The number of anilines is 1. The van der Waals surface area contributed by atoms with Crippen molar-refractivity contribution in [1.29, 1.82) is 0 Å². The maximum absolute atomic E-state index is 12.8. The number of amides is 2. The van der Waals surface area contributed by atoms with E-state index in [0.29, 0.717) is 37.8 Å². The lowest BCUT2D eigenvalue weighted by Crippen LogP contribution is -2.44. The van der Waals surface area contributed by atoms with E-state index in [9.17, 15) is 9.59 Å². The minimum absolute atomic E-state index is 0.168. The summed E-state index contributed by atoms with van der Waals surface area (Å²) in [5.41, 5.74) is 2.73. The van der Waals surface area contributed by atoms with Gasteiger partial charge in [0.2, 0.25) is 0 Å². The summed E-state index contributed by atoms with van der Waals surface area (Å²) in [7, 11) is 0. The molecule has 0 radical (unpaired) electrons. The summed E-state index contributed by atoms with van der Waals surface area (Å²) in [5.74, 6) is 0.793. The summed E-state index contributed by atoms with van der Waals surface area (Å²) in [5, 5.41) is 8.39. The molecule has 0 aliphatic carbocycles. The molecule has 1 aromatic carbocycles. The van der Waals surface area contributed by atoms with Crippen molar-refractivity contribution < 1.29 is 19.1 Å². The highest BCUT2D eigenvalue weighted by molar-refractivity contribution is 6.29. The zero-order valence-corrected chi connectivity index (χ0v) is 21.6. The third kappa shape index (κ3) is 5.90. The number of rotatable bonds is 6. The van der Waals surface area contributed by atoms with Gasteiger partial charge in [0.05, 0.1) is 12.7 Å². The van der Waals surface area contributed by atoms with Crippen LogP contribution in [0.1, 0.15) is 37.3 Å². The molecule has 0 bridgehead atoms. The first-order valence-corrected chi connectivity index (χ1v) is 13.1. The van der Waals surface area contributed by atoms with Gasteiger partial charge >= 0.3 is 12.2 Å². The number of halogens is 1. The molecule has 10 nitrogen and oxygen atoms in total. The van der Waals surface area contributed by atoms with Crippen molar-refractivity contribution in [3.63, 3.8) is 0 Å². The van der Waals surface area contributed by atoms with Gasteiger partial charge in [0.15, 0.2) is 5.65 Å². The second-order valence-corrected chi connectivity index (χ2v) is 9.80. The number of aromatic nitrogens is 3. The number of benzene rings is 1. The standard InChI is InChI=1S/C26H31ClN6O4/c1-2-19-15-28-33-23(14-22(27)30-24(19)33)29-20-8-11-31(12-9-20)26(35)37-21-10-13-32(16-21)25(34)36-17-18-6-4-3-5-7-18/h3-7,14-15,20-21,29H,2,8-13,16-17H2,1H3. The fourth-order valence-electron chi connectivity index (χ4n) is 4.76. The lowest BCUT2D eigenvalue weighted by Gasteiger charge is -2.32. The second kappa shape index (κ2) is 11.2. The number of hydrogen-bond donors (Lipinski definition) is 1. The van der Waals surface area contributed by atoms with Crippen LogP contribution in [-0.4, -0.2) is 74.9 Å². The van der Waals surface area contributed by atoms with Gasteiger partial charge in [-0.15, -0.1) is 0 Å². The lowest BCUT2D eigenvalue weighted by molar-refractivity contribution is 0.0562. The molecule has 5 rings (SSSR count). The average molecular weight is 527 g/mol. The van der Waals surface area contributed by atoms with Crippen LogP contribution < -0.4 is 5.32 Å². The van der Waals surface area contributed by atoms with Crippen molar-refractivity contribution in [3.8, 4) is 0 Å². The average Bonchev–Trinajstić information content (AvgIpc) is 3.55. The smallest absolute Gasteiger partial charge is 0.410 e. The number of hydrogen-bond acceptors (Lipinski definition) is 7. The van der Waals surface area contributed by atoms with E-state index in [1.807, 2.05) is 36.5 Å². The van der Waals surface area contributed by atoms with Crippen molar-refractivity contribution in [2.24, 2.45) is 0 Å². The van der Waals surface area contributed by atoms with Gasteiger partial charge < -0.3 is 24.6 Å². The minimum Gasteiger partial charge on any atom is -0.445 e. The van der Waals surface area contributed by atoms with Crippen LogP contribution in [0.5, 0.6) is 0 Å². The fraction of sp³-hybridized carbons (Fsp3) is 0.462. The lowest BCUT2D eigenvalue weighted by atomic mass is 10.1. The van der Waals surface area contributed by atoms with E-state index in [-0.39, 0.29) is 30.9 Å². The highest BCUT2D eigenvalue weighted by atomic mass is 35.5. The number of aryl methyl sites for hydroxylation is 1. The number of likely N-dealkylation sites (tertiary alicyclic amines) is 2. The Balaban J connectivity index is 1.07. The highest BCUT2D eigenvalue weighted by Crippen LogP contribution is 2.23. The van der Waals surface area contributed by atoms with Crippen molar-refractivity contribution in [1.82, 2.24) is 24.4 Å². The molecule has 1 atom stereocenters. The Morgan fingerprint density at radius 2 is 1.84 bits per heavy atom. The summed E-state index contributed by atoms with van der Waals surface area (Å²) in [4.78, 5) is 32.9. The molecule has 0 spiro atoms. The number of carbonyl (C=O) groups is 2. The largest absolute Gasteiger partial charge is 0.445 e. The Hall–Kier alpha value is -3.53. The van der Waals surface area contributed by atoms with Crippen molar-refractivity contribution in [3.05, 3.63) is 58.9 Å². The summed E-state index contributed by atoms with van der Waals surface area (Å²) < 4.78 is 12.9. The Morgan fingerprint density at radius 1 is 1.08 bits per heavy atom. The van der Waals surface area contributed by atoms with Crippen LogP contribution in [0, 0.1) is 0 Å². The summed E-state index contributed by atoms with van der Waals surface area (Å²) in [6.45, 7) is 4.29. The molecule has 2 amide bonds. The molecule has 2 aliphatic rings. The zero-order chi connectivity index (χ0) is 25.8. The first-order chi connectivity index (χ1) is 18.0. The van der Waals surface area contributed by atoms with Crippen LogP contribution in [0.2, 0.25) is 5.15 Å². The van der Waals surface area contributed by atoms with E-state index in [0.717, 1.165) is 41.9 Å². The van der Waals surface area contributed by atoms with E-state index in [4.69, 9.17) is 21.1 Å². The summed E-state index contributed by atoms with van der Waals surface area (Å²) in [6.07, 6.45) is 3.72. The van der Waals surface area contributed by atoms with Gasteiger partial charge in [0.1, 0.15) is 23.7 Å². The van der Waals surface area contributed by atoms with Crippen LogP contribution in [0.25, 0.3) is 5.65 Å². The number of ether oxygens (including phenoxy) is 2. The Bertz CT molecular complexity index is 1240. The van der Waals surface area contributed by atoms with E-state index >= 15 is 0 Å². The quantitative estimate of drug-likeness (QED) is 0.476. The molecule has 11 heteroatoms. The number of fused-ring (bicyclic) bond motifs is 1. The van der Waals surface area contributed by atoms with Gasteiger partial charge in [0, 0.05) is 43.7 Å². The number of piperidine rings is 1. The molecular formula is C26H31ClN6O4. The monoisotopic (exact) mass is 526 g/mol. The molecule has 2 aromatic heterocycles. The van der Waals surface area contributed by atoms with E-state index < -0.39 is 0 Å². The third-order valence-electron chi connectivity index (χ3n) is 6.88. The summed E-state index contributed by atoms with van der Waals surface area (Å²) >= 11 is 6.25. The third-order valence-corrected chi connectivity index (χ3v) is 7.07. The van der Waals surface area contributed by atoms with Crippen molar-refractivity contribution in [2.45, 2.75) is 51.4 Å². The molecule has 2 fully saturated rings. The maximum atomic E-state index is 12.8. The van der Waals surface area contributed by atoms with Gasteiger partial charge in [-0.25, -0.2) is 14.6 Å². The van der Waals surface area contributed by atoms with Crippen LogP contribution in [0.4, 0.5) is 15.4 Å². The Morgan fingerprint density at radius 3 is 2.59 bits per heavy atom. The molecule has 3 aromatic rings. The predicted octanol–water partition coefficient (Wildman–Crippen LogP) is 4.37. The molecule has 196 valence electrons. The molecule has 2 saturated heterocycles. The number of nitrogens with zero attached hydrogens (tertiary/aromatic N) is 5. The Labute approximate surface area is 220 Å². The Kier molecular flexibility index (Phi) is 7.64. The molecular weight excluding hydrogens is 496 g/mol. The minimum atomic E-state index is -0.386. The topological polar surface area (TPSA) is 101 Å². The SMILES string of the molecule is CCc1cnn2c(NC3CCN(C(=O)OC4CCN(C(=O)OCc5ccccc5)C4)CC3)cc(Cl)nc12. The van der Waals surface area contributed by atoms with Gasteiger partial charge in [-0.05, 0) is 24.8 Å². The van der Waals surface area contributed by atoms with Crippen LogP contribution in [-0.2, 0) is 22.5 Å². The van der Waals surface area contributed by atoms with E-state index in [1.54, 1.807) is 20.4 Å². The normalized spacial score (nSPS) is 18.3. The van der Waals surface area contributed by atoms with Crippen LogP contribution in [0.15, 0.2) is 42.6 Å². The molecule has 0 saturated carbocycles. The number of carbonyl (C=O) groups excluding carboxylic acids is 2. The van der Waals surface area contributed by atoms with Gasteiger partial charge in [-0.3, -0.25) is 0 Å². The van der Waals surface area contributed by atoms with Crippen LogP contribution in [0.3, 0.4) is 0 Å². The van der Waals surface area contributed by atoms with Gasteiger partial charge in [-0.1, -0.05) is 48.9 Å². The zero-order valence-electron chi connectivity index (χ0n) is 20.8.